The van der Waals surface area contributed by atoms with Crippen molar-refractivity contribution >= 4 is 22.3 Å². The van der Waals surface area contributed by atoms with Crippen molar-refractivity contribution in [2.45, 2.75) is 0 Å². The van der Waals surface area contributed by atoms with Crippen LogP contribution in [0, 0.1) is 0 Å². The SMILES string of the molecule is O=C([O-])c1cn2ccsc2n1. The summed E-state index contributed by atoms with van der Waals surface area (Å²) in [5.41, 5.74) is -0.0168. The summed E-state index contributed by atoms with van der Waals surface area (Å²) >= 11 is 1.39. The highest BCUT2D eigenvalue weighted by Crippen LogP contribution is 2.10. The predicted molar refractivity (Wildman–Crippen MR) is 37.4 cm³/mol. The van der Waals surface area contributed by atoms with E-state index in [1.165, 1.54) is 17.5 Å². The number of fused-ring (bicyclic) bond motifs is 1. The van der Waals surface area contributed by atoms with Crippen LogP contribution in [0.5, 0.6) is 0 Å². The molecule has 0 unspecified atom stereocenters. The van der Waals surface area contributed by atoms with Crippen molar-refractivity contribution in [2.24, 2.45) is 0 Å². The third-order valence-electron chi connectivity index (χ3n) is 1.30. The molecule has 0 aliphatic carbocycles. The molecular weight excluding hydrogens is 164 g/mol. The maximum absolute atomic E-state index is 10.3. The van der Waals surface area contributed by atoms with Crippen LogP contribution in [0.4, 0.5) is 0 Å². The zero-order chi connectivity index (χ0) is 7.84. The zero-order valence-electron chi connectivity index (χ0n) is 5.35. The molecule has 0 fully saturated rings. The number of aromatic carboxylic acids is 1. The van der Waals surface area contributed by atoms with Gasteiger partial charge in [-0.1, -0.05) is 0 Å². The van der Waals surface area contributed by atoms with Gasteiger partial charge in [-0.25, -0.2) is 4.98 Å². The Morgan fingerprint density at radius 2 is 2.55 bits per heavy atom. The summed E-state index contributed by atoms with van der Waals surface area (Å²) < 4.78 is 1.65. The van der Waals surface area contributed by atoms with Gasteiger partial charge in [0, 0.05) is 17.8 Å². The standard InChI is InChI=1S/C6H4N2O2S/c9-5(10)4-3-8-1-2-11-6(8)7-4/h1-3H,(H,9,10)/p-1. The number of carboxylic acid groups (broad SMARTS) is 1. The van der Waals surface area contributed by atoms with E-state index in [0.717, 1.165) is 0 Å². The molecule has 11 heavy (non-hydrogen) atoms. The summed E-state index contributed by atoms with van der Waals surface area (Å²) in [5.74, 6) is -1.24. The second-order valence-electron chi connectivity index (χ2n) is 2.01. The minimum Gasteiger partial charge on any atom is -0.543 e. The number of carbonyl (C=O) groups is 1. The average molecular weight is 167 g/mol. The van der Waals surface area contributed by atoms with E-state index in [-0.39, 0.29) is 5.69 Å². The molecule has 0 bridgehead atoms. The van der Waals surface area contributed by atoms with Gasteiger partial charge in [0.1, 0.15) is 5.69 Å². The lowest BCUT2D eigenvalue weighted by molar-refractivity contribution is -0.255. The van der Waals surface area contributed by atoms with Crippen LogP contribution in [0.2, 0.25) is 0 Å². The maximum Gasteiger partial charge on any atom is 0.194 e. The van der Waals surface area contributed by atoms with Crippen molar-refractivity contribution in [3.63, 3.8) is 0 Å². The molecule has 0 radical (unpaired) electrons. The van der Waals surface area contributed by atoms with E-state index in [9.17, 15) is 9.90 Å². The minimum atomic E-state index is -1.24. The van der Waals surface area contributed by atoms with Gasteiger partial charge in [0.25, 0.3) is 0 Å². The molecule has 2 aromatic rings. The number of imidazole rings is 1. The summed E-state index contributed by atoms with van der Waals surface area (Å²) in [6.45, 7) is 0. The second kappa shape index (κ2) is 2.06. The van der Waals surface area contributed by atoms with Crippen molar-refractivity contribution in [2.75, 3.05) is 0 Å². The fourth-order valence-electron chi connectivity index (χ4n) is 0.826. The van der Waals surface area contributed by atoms with E-state index in [0.29, 0.717) is 4.96 Å². The highest BCUT2D eigenvalue weighted by atomic mass is 32.1. The first-order chi connectivity index (χ1) is 5.27. The molecule has 0 aliphatic heterocycles. The maximum atomic E-state index is 10.3. The van der Waals surface area contributed by atoms with Gasteiger partial charge >= 0.3 is 0 Å². The Balaban J connectivity index is 2.67. The first-order valence-corrected chi connectivity index (χ1v) is 3.79. The van der Waals surface area contributed by atoms with Crippen LogP contribution in [-0.2, 0) is 0 Å². The summed E-state index contributed by atoms with van der Waals surface area (Å²) in [6, 6.07) is 0. The number of hydrogen-bond donors (Lipinski definition) is 0. The summed E-state index contributed by atoms with van der Waals surface area (Å²) in [6.07, 6.45) is 3.18. The Morgan fingerprint density at radius 3 is 3.18 bits per heavy atom. The number of aromatic nitrogens is 2. The average Bonchev–Trinajstić information content (AvgIpc) is 2.40. The first kappa shape index (κ1) is 6.36. The number of rotatable bonds is 1. The molecule has 2 rings (SSSR count). The monoisotopic (exact) mass is 167 g/mol. The lowest BCUT2D eigenvalue weighted by atomic mass is 10.5. The van der Waals surface area contributed by atoms with E-state index < -0.39 is 5.97 Å². The van der Waals surface area contributed by atoms with Gasteiger partial charge in [-0.05, 0) is 0 Å². The van der Waals surface area contributed by atoms with Crippen LogP contribution >= 0.6 is 11.3 Å². The topological polar surface area (TPSA) is 57.4 Å². The molecule has 0 atom stereocenters. The number of thiazole rings is 1. The van der Waals surface area contributed by atoms with Gasteiger partial charge in [-0.15, -0.1) is 11.3 Å². The lowest BCUT2D eigenvalue weighted by Gasteiger charge is -1.90. The van der Waals surface area contributed by atoms with Crippen LogP contribution in [0.15, 0.2) is 17.8 Å². The van der Waals surface area contributed by atoms with Crippen LogP contribution in [0.25, 0.3) is 4.96 Å². The fraction of sp³-hybridized carbons (Fsp3) is 0. The summed E-state index contributed by atoms with van der Waals surface area (Å²) in [4.78, 5) is 14.7. The Bertz CT molecular complexity index is 375. The molecular formula is C6H3N2O2S-. The van der Waals surface area contributed by atoms with E-state index in [2.05, 4.69) is 4.98 Å². The third-order valence-corrected chi connectivity index (χ3v) is 2.07. The second-order valence-corrected chi connectivity index (χ2v) is 2.88. The molecule has 0 aliphatic rings. The molecule has 5 heteroatoms. The van der Waals surface area contributed by atoms with Crippen LogP contribution in [-0.4, -0.2) is 15.4 Å². The summed E-state index contributed by atoms with van der Waals surface area (Å²) in [5, 5.41) is 12.1. The Morgan fingerprint density at radius 1 is 1.73 bits per heavy atom. The third kappa shape index (κ3) is 0.894. The van der Waals surface area contributed by atoms with E-state index in [1.54, 1.807) is 10.6 Å². The van der Waals surface area contributed by atoms with Crippen LogP contribution in [0.3, 0.4) is 0 Å². The fourth-order valence-corrected chi connectivity index (χ4v) is 1.53. The van der Waals surface area contributed by atoms with Gasteiger partial charge in [-0.2, -0.15) is 0 Å². The van der Waals surface area contributed by atoms with Gasteiger partial charge in [-0.3, -0.25) is 4.40 Å². The number of nitrogens with zero attached hydrogens (tertiary/aromatic N) is 2. The highest BCUT2D eigenvalue weighted by Gasteiger charge is 2.01. The molecule has 56 valence electrons. The predicted octanol–water partition coefficient (Wildman–Crippen LogP) is -0.241. The number of hydrogen-bond acceptors (Lipinski definition) is 4. The van der Waals surface area contributed by atoms with E-state index in [4.69, 9.17) is 0 Å². The Hall–Kier alpha value is -1.36. The van der Waals surface area contributed by atoms with Crippen molar-refractivity contribution in [3.05, 3.63) is 23.5 Å². The number of carbonyl (C=O) groups excluding carboxylic acids is 1. The number of carboxylic acids is 1. The Kier molecular flexibility index (Phi) is 1.19. The van der Waals surface area contributed by atoms with Gasteiger partial charge in [0.05, 0.1) is 5.97 Å². The van der Waals surface area contributed by atoms with Crippen molar-refractivity contribution in [1.82, 2.24) is 9.38 Å². The van der Waals surface area contributed by atoms with Gasteiger partial charge < -0.3 is 9.90 Å². The molecule has 0 spiro atoms. The molecule has 2 heterocycles. The molecule has 0 amide bonds. The molecule has 0 N–H and O–H groups in total. The molecule has 2 aromatic heterocycles. The normalized spacial score (nSPS) is 10.5. The Labute approximate surface area is 65.7 Å². The van der Waals surface area contributed by atoms with Gasteiger partial charge in [0.2, 0.25) is 0 Å². The van der Waals surface area contributed by atoms with Crippen molar-refractivity contribution < 1.29 is 9.90 Å². The molecule has 0 saturated heterocycles. The summed E-state index contributed by atoms with van der Waals surface area (Å²) in [7, 11) is 0. The molecule has 0 saturated carbocycles. The van der Waals surface area contributed by atoms with Crippen LogP contribution in [0.1, 0.15) is 10.5 Å². The van der Waals surface area contributed by atoms with Crippen molar-refractivity contribution in [1.29, 1.82) is 0 Å². The van der Waals surface area contributed by atoms with Gasteiger partial charge in [0.15, 0.2) is 4.96 Å². The van der Waals surface area contributed by atoms with Crippen molar-refractivity contribution in [3.8, 4) is 0 Å². The largest absolute Gasteiger partial charge is 0.543 e. The lowest BCUT2D eigenvalue weighted by Crippen LogP contribution is -2.22. The highest BCUT2D eigenvalue weighted by molar-refractivity contribution is 7.15. The zero-order valence-corrected chi connectivity index (χ0v) is 6.17. The molecule has 0 aromatic carbocycles. The minimum absolute atomic E-state index is 0.0168. The quantitative estimate of drug-likeness (QED) is 0.589. The smallest absolute Gasteiger partial charge is 0.194 e. The first-order valence-electron chi connectivity index (χ1n) is 2.91. The van der Waals surface area contributed by atoms with E-state index in [1.807, 2.05) is 5.38 Å². The molecule has 4 nitrogen and oxygen atoms in total. The van der Waals surface area contributed by atoms with Crippen LogP contribution < -0.4 is 5.11 Å². The van der Waals surface area contributed by atoms with E-state index >= 15 is 0 Å².